The largest absolute Gasteiger partial charge is 0.508 e. The number of benzene rings is 1. The molecular formula is C15H22N2O3. The van der Waals surface area contributed by atoms with Crippen LogP contribution in [0.3, 0.4) is 0 Å². The Morgan fingerprint density at radius 3 is 2.80 bits per heavy atom. The van der Waals surface area contributed by atoms with Crippen molar-refractivity contribution in [3.05, 3.63) is 23.8 Å². The zero-order valence-electron chi connectivity index (χ0n) is 12.1. The number of carbonyl (C=O) groups is 1. The number of phenols is 1. The lowest BCUT2D eigenvalue weighted by molar-refractivity contribution is -0.129. The van der Waals surface area contributed by atoms with Gasteiger partial charge in [-0.15, -0.1) is 0 Å². The first-order valence-electron chi connectivity index (χ1n) is 7.00. The van der Waals surface area contributed by atoms with E-state index in [0.717, 1.165) is 31.5 Å². The summed E-state index contributed by atoms with van der Waals surface area (Å²) in [6, 6.07) is 4.99. The summed E-state index contributed by atoms with van der Waals surface area (Å²) < 4.78 is 5.15. The van der Waals surface area contributed by atoms with Gasteiger partial charge < -0.3 is 20.1 Å². The van der Waals surface area contributed by atoms with Crippen molar-refractivity contribution in [3.8, 4) is 11.5 Å². The number of nitrogens with zero attached hydrogens (tertiary/aromatic N) is 1. The van der Waals surface area contributed by atoms with E-state index in [1.165, 1.54) is 0 Å². The topological polar surface area (TPSA) is 61.8 Å². The van der Waals surface area contributed by atoms with Gasteiger partial charge in [0.15, 0.2) is 0 Å². The number of carbonyl (C=O) groups excluding carboxylic acids is 1. The number of hydrogen-bond acceptors (Lipinski definition) is 4. The van der Waals surface area contributed by atoms with Crippen LogP contribution >= 0.6 is 0 Å². The molecule has 0 radical (unpaired) electrons. The summed E-state index contributed by atoms with van der Waals surface area (Å²) in [6.45, 7) is 3.93. The van der Waals surface area contributed by atoms with Crippen LogP contribution in [0.25, 0.3) is 0 Å². The van der Waals surface area contributed by atoms with Crippen LogP contribution in [0, 0.1) is 0 Å². The molecule has 0 aromatic heterocycles. The molecule has 0 aliphatic carbocycles. The van der Waals surface area contributed by atoms with E-state index < -0.39 is 0 Å². The first-order chi connectivity index (χ1) is 9.61. The first-order valence-corrected chi connectivity index (χ1v) is 7.00. The van der Waals surface area contributed by atoms with Gasteiger partial charge in [-0.05, 0) is 38.0 Å². The molecule has 1 aliphatic rings. The Kier molecular flexibility index (Phi) is 4.84. The molecule has 5 nitrogen and oxygen atoms in total. The molecule has 1 aliphatic heterocycles. The van der Waals surface area contributed by atoms with Crippen LogP contribution in [0.1, 0.15) is 31.4 Å². The second kappa shape index (κ2) is 6.61. The van der Waals surface area contributed by atoms with Gasteiger partial charge in [0.25, 0.3) is 0 Å². The summed E-state index contributed by atoms with van der Waals surface area (Å²) in [4.78, 5) is 13.8. The van der Waals surface area contributed by atoms with Gasteiger partial charge in [-0.1, -0.05) is 0 Å². The fraction of sp³-hybridized carbons (Fsp3) is 0.533. The highest BCUT2D eigenvalue weighted by molar-refractivity contribution is 5.78. The van der Waals surface area contributed by atoms with Crippen molar-refractivity contribution in [2.24, 2.45) is 0 Å². The molecule has 2 rings (SSSR count). The standard InChI is InChI=1S/C15H22N2O3/c1-11(13-9-12(20-2)5-6-14(13)18)16-10-15(19)17-7-3-4-8-17/h5-6,9,11,16,18H,3-4,7-8,10H2,1-2H3. The van der Waals surface area contributed by atoms with E-state index in [9.17, 15) is 9.90 Å². The minimum absolute atomic E-state index is 0.114. The zero-order chi connectivity index (χ0) is 14.5. The lowest BCUT2D eigenvalue weighted by Crippen LogP contribution is -2.37. The smallest absolute Gasteiger partial charge is 0.236 e. The van der Waals surface area contributed by atoms with E-state index in [4.69, 9.17) is 4.74 Å². The minimum Gasteiger partial charge on any atom is -0.508 e. The Bertz CT molecular complexity index is 470. The summed E-state index contributed by atoms with van der Waals surface area (Å²) in [6.07, 6.45) is 2.19. The molecule has 0 spiro atoms. The predicted molar refractivity (Wildman–Crippen MR) is 76.9 cm³/mol. The van der Waals surface area contributed by atoms with E-state index in [1.807, 2.05) is 11.8 Å². The number of nitrogens with one attached hydrogen (secondary N) is 1. The highest BCUT2D eigenvalue weighted by atomic mass is 16.5. The van der Waals surface area contributed by atoms with Gasteiger partial charge in [-0.2, -0.15) is 0 Å². The van der Waals surface area contributed by atoms with Gasteiger partial charge in [-0.25, -0.2) is 0 Å². The number of methoxy groups -OCH3 is 1. The van der Waals surface area contributed by atoms with E-state index >= 15 is 0 Å². The summed E-state index contributed by atoms with van der Waals surface area (Å²) in [7, 11) is 1.59. The second-order valence-corrected chi connectivity index (χ2v) is 5.12. The maximum atomic E-state index is 12.0. The number of rotatable bonds is 5. The average molecular weight is 278 g/mol. The van der Waals surface area contributed by atoms with Gasteiger partial charge in [-0.3, -0.25) is 4.79 Å². The van der Waals surface area contributed by atoms with Crippen LogP contribution in [0.4, 0.5) is 0 Å². The summed E-state index contributed by atoms with van der Waals surface area (Å²) in [5.74, 6) is 1.02. The van der Waals surface area contributed by atoms with Crippen LogP contribution in [0.2, 0.25) is 0 Å². The Morgan fingerprint density at radius 1 is 1.45 bits per heavy atom. The fourth-order valence-electron chi connectivity index (χ4n) is 2.44. The summed E-state index contributed by atoms with van der Waals surface area (Å²) in [5, 5.41) is 13.0. The number of hydrogen-bond donors (Lipinski definition) is 2. The van der Waals surface area contributed by atoms with Gasteiger partial charge in [0.2, 0.25) is 5.91 Å². The lowest BCUT2D eigenvalue weighted by Gasteiger charge is -2.19. The predicted octanol–water partition coefficient (Wildman–Crippen LogP) is 1.67. The van der Waals surface area contributed by atoms with Crippen LogP contribution in [-0.2, 0) is 4.79 Å². The van der Waals surface area contributed by atoms with Gasteiger partial charge in [0, 0.05) is 24.7 Å². The molecule has 1 heterocycles. The maximum Gasteiger partial charge on any atom is 0.236 e. The van der Waals surface area contributed by atoms with Crippen molar-refractivity contribution < 1.29 is 14.6 Å². The van der Waals surface area contributed by atoms with Crippen LogP contribution in [0.5, 0.6) is 11.5 Å². The number of amides is 1. The van der Waals surface area contributed by atoms with Crippen LogP contribution < -0.4 is 10.1 Å². The van der Waals surface area contributed by atoms with Crippen molar-refractivity contribution >= 4 is 5.91 Å². The molecule has 1 amide bonds. The normalized spacial score (nSPS) is 16.2. The highest BCUT2D eigenvalue weighted by Crippen LogP contribution is 2.28. The molecule has 20 heavy (non-hydrogen) atoms. The van der Waals surface area contributed by atoms with Crippen molar-refractivity contribution in [2.45, 2.75) is 25.8 Å². The molecule has 5 heteroatoms. The van der Waals surface area contributed by atoms with Crippen LogP contribution in [-0.4, -0.2) is 42.7 Å². The van der Waals surface area contributed by atoms with Gasteiger partial charge in [0.1, 0.15) is 11.5 Å². The quantitative estimate of drug-likeness (QED) is 0.860. The molecule has 1 unspecified atom stereocenters. The SMILES string of the molecule is COc1ccc(O)c(C(C)NCC(=O)N2CCCC2)c1. The van der Waals surface area contributed by atoms with Gasteiger partial charge >= 0.3 is 0 Å². The van der Waals surface area contributed by atoms with E-state index in [1.54, 1.807) is 25.3 Å². The third-order valence-electron chi connectivity index (χ3n) is 3.72. The first kappa shape index (κ1) is 14.7. The molecule has 1 fully saturated rings. The number of likely N-dealkylation sites (tertiary alicyclic amines) is 1. The van der Waals surface area contributed by atoms with Crippen LogP contribution in [0.15, 0.2) is 18.2 Å². The molecule has 0 saturated carbocycles. The average Bonchev–Trinajstić information content (AvgIpc) is 2.99. The molecule has 1 atom stereocenters. The Morgan fingerprint density at radius 2 is 2.15 bits per heavy atom. The van der Waals surface area contributed by atoms with E-state index in [2.05, 4.69) is 5.32 Å². The Hall–Kier alpha value is -1.75. The number of aromatic hydroxyl groups is 1. The summed E-state index contributed by atoms with van der Waals surface area (Å²) in [5.41, 5.74) is 0.735. The Balaban J connectivity index is 1.94. The third-order valence-corrected chi connectivity index (χ3v) is 3.72. The van der Waals surface area contributed by atoms with E-state index in [-0.39, 0.29) is 24.2 Å². The van der Waals surface area contributed by atoms with Crippen molar-refractivity contribution in [1.29, 1.82) is 0 Å². The molecule has 1 aromatic rings. The molecule has 1 saturated heterocycles. The number of ether oxygens (including phenoxy) is 1. The molecule has 110 valence electrons. The van der Waals surface area contributed by atoms with E-state index in [0.29, 0.717) is 5.75 Å². The zero-order valence-corrected chi connectivity index (χ0v) is 12.1. The third kappa shape index (κ3) is 3.42. The highest BCUT2D eigenvalue weighted by Gasteiger charge is 2.19. The molecular weight excluding hydrogens is 256 g/mol. The summed E-state index contributed by atoms with van der Waals surface area (Å²) >= 11 is 0. The van der Waals surface area contributed by atoms with Gasteiger partial charge in [0.05, 0.1) is 13.7 Å². The molecule has 0 bridgehead atoms. The minimum atomic E-state index is -0.114. The van der Waals surface area contributed by atoms with Crippen molar-refractivity contribution in [1.82, 2.24) is 10.2 Å². The molecule has 2 N–H and O–H groups in total. The van der Waals surface area contributed by atoms with Crippen molar-refractivity contribution in [2.75, 3.05) is 26.7 Å². The molecule has 1 aromatic carbocycles. The monoisotopic (exact) mass is 278 g/mol. The van der Waals surface area contributed by atoms with Crippen molar-refractivity contribution in [3.63, 3.8) is 0 Å². The fourth-order valence-corrected chi connectivity index (χ4v) is 2.44. The second-order valence-electron chi connectivity index (χ2n) is 5.12. The Labute approximate surface area is 119 Å². The number of phenolic OH excluding ortho intramolecular Hbond substituents is 1. The maximum absolute atomic E-state index is 12.0. The lowest BCUT2D eigenvalue weighted by atomic mass is 10.1.